The highest BCUT2D eigenvalue weighted by molar-refractivity contribution is 5.67. The quantitative estimate of drug-likeness (QED) is 0.809. The molecule has 2 N–H and O–H groups in total. The van der Waals surface area contributed by atoms with Crippen LogP contribution in [0.15, 0.2) is 0 Å². The Kier molecular flexibility index (Phi) is 4.71. The van der Waals surface area contributed by atoms with Gasteiger partial charge >= 0.3 is 6.09 Å². The molecule has 1 aliphatic carbocycles. The van der Waals surface area contributed by atoms with Gasteiger partial charge in [0, 0.05) is 12.6 Å². The van der Waals surface area contributed by atoms with Crippen molar-refractivity contribution < 1.29 is 9.53 Å². The zero-order chi connectivity index (χ0) is 13.9. The molecule has 1 amide bonds. The van der Waals surface area contributed by atoms with E-state index in [2.05, 4.69) is 10.6 Å². The third-order valence-electron chi connectivity index (χ3n) is 4.25. The normalized spacial score (nSPS) is 31.4. The van der Waals surface area contributed by atoms with Crippen LogP contribution in [0.4, 0.5) is 4.79 Å². The number of alkyl carbamates (subject to hydrolysis) is 1. The first kappa shape index (κ1) is 14.6. The van der Waals surface area contributed by atoms with Crippen LogP contribution in [0.5, 0.6) is 0 Å². The van der Waals surface area contributed by atoms with Crippen molar-refractivity contribution in [1.82, 2.24) is 10.6 Å². The molecule has 2 rings (SSSR count). The maximum Gasteiger partial charge on any atom is 0.407 e. The Balaban J connectivity index is 1.79. The first-order chi connectivity index (χ1) is 8.96. The Morgan fingerprint density at radius 2 is 2.00 bits per heavy atom. The van der Waals surface area contributed by atoms with Crippen LogP contribution < -0.4 is 10.6 Å². The molecule has 1 aliphatic heterocycles. The predicted molar refractivity (Wildman–Crippen MR) is 76.1 cm³/mol. The molecule has 4 heteroatoms. The van der Waals surface area contributed by atoms with Gasteiger partial charge in [0.15, 0.2) is 0 Å². The summed E-state index contributed by atoms with van der Waals surface area (Å²) < 4.78 is 5.30. The molecule has 19 heavy (non-hydrogen) atoms. The maximum absolute atomic E-state index is 11.7. The fourth-order valence-corrected chi connectivity index (χ4v) is 3.43. The molecule has 0 aromatic rings. The van der Waals surface area contributed by atoms with Gasteiger partial charge in [0.25, 0.3) is 0 Å². The van der Waals surface area contributed by atoms with Gasteiger partial charge in [0.2, 0.25) is 0 Å². The molecule has 1 saturated heterocycles. The topological polar surface area (TPSA) is 50.4 Å². The van der Waals surface area contributed by atoms with E-state index >= 15 is 0 Å². The standard InChI is InChI=1S/C15H28N2O2/c1-15(2,3)19-14(18)17-10-11-8-9-16-13-7-5-4-6-12(11)13/h11-13,16H,4-10H2,1-3H3,(H,17,18)/t11-,12-,13-/m0/s1. The zero-order valence-corrected chi connectivity index (χ0v) is 12.5. The van der Waals surface area contributed by atoms with E-state index in [1.165, 1.54) is 25.7 Å². The van der Waals surface area contributed by atoms with Crippen molar-refractivity contribution in [1.29, 1.82) is 0 Å². The monoisotopic (exact) mass is 268 g/mol. The molecule has 0 radical (unpaired) electrons. The summed E-state index contributed by atoms with van der Waals surface area (Å²) in [6.45, 7) is 7.54. The summed E-state index contributed by atoms with van der Waals surface area (Å²) in [5.74, 6) is 1.34. The minimum atomic E-state index is -0.411. The van der Waals surface area contributed by atoms with Crippen LogP contribution in [0.2, 0.25) is 0 Å². The third kappa shape index (κ3) is 4.37. The highest BCUT2D eigenvalue weighted by Crippen LogP contribution is 2.34. The van der Waals surface area contributed by atoms with Gasteiger partial charge in [-0.2, -0.15) is 0 Å². The van der Waals surface area contributed by atoms with E-state index in [0.29, 0.717) is 12.0 Å². The number of nitrogens with one attached hydrogen (secondary N) is 2. The Bertz CT molecular complexity index is 310. The highest BCUT2D eigenvalue weighted by atomic mass is 16.6. The molecule has 2 aliphatic rings. The number of piperidine rings is 1. The lowest BCUT2D eigenvalue weighted by Crippen LogP contribution is -2.50. The van der Waals surface area contributed by atoms with Crippen molar-refractivity contribution in [2.45, 2.75) is 64.5 Å². The Morgan fingerprint density at radius 1 is 1.26 bits per heavy atom. The van der Waals surface area contributed by atoms with Crippen molar-refractivity contribution >= 4 is 6.09 Å². The summed E-state index contributed by atoms with van der Waals surface area (Å²) in [7, 11) is 0. The van der Waals surface area contributed by atoms with E-state index in [1.807, 2.05) is 20.8 Å². The van der Waals surface area contributed by atoms with Gasteiger partial charge in [-0.3, -0.25) is 0 Å². The summed E-state index contributed by atoms with van der Waals surface area (Å²) in [5.41, 5.74) is -0.411. The first-order valence-corrected chi connectivity index (χ1v) is 7.66. The van der Waals surface area contributed by atoms with Crippen LogP contribution in [0.3, 0.4) is 0 Å². The Hall–Kier alpha value is -0.770. The SMILES string of the molecule is CC(C)(C)OC(=O)NC[C@@H]1CCN[C@H]2CCCC[C@@H]12. The lowest BCUT2D eigenvalue weighted by molar-refractivity contribution is 0.0492. The minimum Gasteiger partial charge on any atom is -0.444 e. The second kappa shape index (κ2) is 6.12. The molecule has 0 bridgehead atoms. The molecule has 1 saturated carbocycles. The number of hydrogen-bond acceptors (Lipinski definition) is 3. The lowest BCUT2D eigenvalue weighted by Gasteiger charge is -2.42. The van der Waals surface area contributed by atoms with Gasteiger partial charge in [0.1, 0.15) is 5.60 Å². The average molecular weight is 268 g/mol. The van der Waals surface area contributed by atoms with Crippen molar-refractivity contribution in [2.75, 3.05) is 13.1 Å². The largest absolute Gasteiger partial charge is 0.444 e. The van der Waals surface area contributed by atoms with Crippen LogP contribution in [0.1, 0.15) is 52.9 Å². The molecule has 3 atom stereocenters. The Morgan fingerprint density at radius 3 is 2.74 bits per heavy atom. The number of carbonyl (C=O) groups excluding carboxylic acids is 1. The smallest absolute Gasteiger partial charge is 0.407 e. The minimum absolute atomic E-state index is 0.279. The van der Waals surface area contributed by atoms with Gasteiger partial charge in [-0.15, -0.1) is 0 Å². The molecular weight excluding hydrogens is 240 g/mol. The summed E-state index contributed by atoms with van der Waals surface area (Å²) in [6.07, 6.45) is 6.17. The lowest BCUT2D eigenvalue weighted by atomic mass is 9.73. The molecule has 0 aromatic carbocycles. The molecule has 0 unspecified atom stereocenters. The number of rotatable bonds is 2. The molecule has 110 valence electrons. The van der Waals surface area contributed by atoms with E-state index in [1.54, 1.807) is 0 Å². The van der Waals surface area contributed by atoms with Crippen LogP contribution in [-0.4, -0.2) is 30.8 Å². The van der Waals surface area contributed by atoms with E-state index in [0.717, 1.165) is 25.4 Å². The molecular formula is C15H28N2O2. The van der Waals surface area contributed by atoms with E-state index in [4.69, 9.17) is 4.74 Å². The number of hydrogen-bond donors (Lipinski definition) is 2. The number of amides is 1. The number of ether oxygens (including phenoxy) is 1. The van der Waals surface area contributed by atoms with Crippen LogP contribution >= 0.6 is 0 Å². The van der Waals surface area contributed by atoms with E-state index < -0.39 is 5.60 Å². The molecule has 0 aromatic heterocycles. The maximum atomic E-state index is 11.7. The fourth-order valence-electron chi connectivity index (χ4n) is 3.43. The molecule has 4 nitrogen and oxygen atoms in total. The van der Waals surface area contributed by atoms with Gasteiger partial charge in [-0.05, 0) is 58.4 Å². The van der Waals surface area contributed by atoms with Gasteiger partial charge in [-0.1, -0.05) is 12.8 Å². The van der Waals surface area contributed by atoms with Crippen LogP contribution in [-0.2, 0) is 4.74 Å². The summed E-state index contributed by atoms with van der Waals surface area (Å²) in [6, 6.07) is 0.674. The van der Waals surface area contributed by atoms with Gasteiger partial charge < -0.3 is 15.4 Å². The first-order valence-electron chi connectivity index (χ1n) is 7.66. The molecule has 0 spiro atoms. The van der Waals surface area contributed by atoms with Gasteiger partial charge in [0.05, 0.1) is 0 Å². The average Bonchev–Trinajstić information content (AvgIpc) is 2.34. The van der Waals surface area contributed by atoms with Crippen LogP contribution in [0.25, 0.3) is 0 Å². The summed E-state index contributed by atoms with van der Waals surface area (Å²) in [5, 5.41) is 6.59. The van der Waals surface area contributed by atoms with Crippen molar-refractivity contribution in [2.24, 2.45) is 11.8 Å². The Labute approximate surface area is 116 Å². The van der Waals surface area contributed by atoms with Crippen LogP contribution in [0, 0.1) is 11.8 Å². The summed E-state index contributed by atoms with van der Waals surface area (Å²) >= 11 is 0. The van der Waals surface area contributed by atoms with E-state index in [-0.39, 0.29) is 6.09 Å². The third-order valence-corrected chi connectivity index (χ3v) is 4.25. The zero-order valence-electron chi connectivity index (χ0n) is 12.5. The van der Waals surface area contributed by atoms with Gasteiger partial charge in [-0.25, -0.2) is 4.79 Å². The second-order valence-corrected chi connectivity index (χ2v) is 6.94. The number of carbonyl (C=O) groups is 1. The van der Waals surface area contributed by atoms with Crippen molar-refractivity contribution in [3.8, 4) is 0 Å². The number of fused-ring (bicyclic) bond motifs is 1. The van der Waals surface area contributed by atoms with Crippen molar-refractivity contribution in [3.63, 3.8) is 0 Å². The molecule has 2 fully saturated rings. The predicted octanol–water partition coefficient (Wildman–Crippen LogP) is 2.68. The molecule has 1 heterocycles. The fraction of sp³-hybridized carbons (Fsp3) is 0.933. The summed E-state index contributed by atoms with van der Waals surface area (Å²) in [4.78, 5) is 11.7. The van der Waals surface area contributed by atoms with Crippen molar-refractivity contribution in [3.05, 3.63) is 0 Å². The second-order valence-electron chi connectivity index (χ2n) is 6.94. The highest BCUT2D eigenvalue weighted by Gasteiger charge is 2.34. The van der Waals surface area contributed by atoms with E-state index in [9.17, 15) is 4.79 Å².